The molecule has 0 aliphatic rings. The fraction of sp³-hybridized carbons (Fsp3) is 0. The molecule has 0 aliphatic carbocycles. The Morgan fingerprint density at radius 3 is 2.85 bits per heavy atom. The molecule has 0 radical (unpaired) electrons. The van der Waals surface area contributed by atoms with E-state index in [-0.39, 0.29) is 5.82 Å². The Balaban J connectivity index is 1.99. The summed E-state index contributed by atoms with van der Waals surface area (Å²) >= 11 is 1.92. The van der Waals surface area contributed by atoms with E-state index in [0.29, 0.717) is 14.9 Å². The minimum atomic E-state index is -0.287. The average Bonchev–Trinajstić information content (AvgIpc) is 2.44. The van der Waals surface area contributed by atoms with Crippen molar-refractivity contribution >= 4 is 50.6 Å². The summed E-state index contributed by atoms with van der Waals surface area (Å²) in [5.41, 5.74) is 8.74. The van der Waals surface area contributed by atoms with Crippen LogP contribution in [0.4, 0.5) is 21.5 Å². The van der Waals surface area contributed by atoms with E-state index in [0.717, 1.165) is 16.6 Å². The van der Waals surface area contributed by atoms with Crippen LogP contribution in [0.1, 0.15) is 0 Å². The van der Waals surface area contributed by atoms with Crippen LogP contribution in [0.15, 0.2) is 48.7 Å². The molecule has 0 fully saturated rings. The van der Waals surface area contributed by atoms with Gasteiger partial charge in [0, 0.05) is 23.3 Å². The molecule has 3 aromatic rings. The third kappa shape index (κ3) is 2.53. The van der Waals surface area contributed by atoms with Gasteiger partial charge in [-0.25, -0.2) is 4.39 Å². The van der Waals surface area contributed by atoms with Gasteiger partial charge in [0.05, 0.1) is 20.5 Å². The van der Waals surface area contributed by atoms with Crippen LogP contribution in [0.5, 0.6) is 0 Å². The number of nitrogens with zero attached hydrogens (tertiary/aromatic N) is 1. The second kappa shape index (κ2) is 5.24. The number of nitrogen functional groups attached to an aromatic ring is 1. The Hall–Kier alpha value is -1.89. The molecule has 5 heteroatoms. The number of anilines is 3. The standard InChI is InChI=1S/C15H11FIN3/c16-11-7-15(13(18)8-12(11)17)20-10-3-4-14-9(6-10)2-1-5-19-14/h1-8,20H,18H2. The van der Waals surface area contributed by atoms with Crippen molar-refractivity contribution in [2.45, 2.75) is 0 Å². The minimum Gasteiger partial charge on any atom is -0.397 e. The van der Waals surface area contributed by atoms with Crippen molar-refractivity contribution in [3.63, 3.8) is 0 Å². The molecule has 1 heterocycles. The van der Waals surface area contributed by atoms with Gasteiger partial charge in [0.2, 0.25) is 0 Å². The first-order valence-corrected chi connectivity index (χ1v) is 7.08. The summed E-state index contributed by atoms with van der Waals surface area (Å²) in [5.74, 6) is -0.287. The Kier molecular flexibility index (Phi) is 3.43. The molecule has 0 amide bonds. The lowest BCUT2D eigenvalue weighted by molar-refractivity contribution is 0.621. The number of hydrogen-bond donors (Lipinski definition) is 2. The fourth-order valence-corrected chi connectivity index (χ4v) is 2.47. The van der Waals surface area contributed by atoms with Gasteiger partial charge in [0.1, 0.15) is 5.82 Å². The van der Waals surface area contributed by atoms with E-state index in [1.165, 1.54) is 6.07 Å². The van der Waals surface area contributed by atoms with Gasteiger partial charge in [-0.2, -0.15) is 0 Å². The van der Waals surface area contributed by atoms with Crippen molar-refractivity contribution in [3.8, 4) is 0 Å². The molecule has 3 nitrogen and oxygen atoms in total. The van der Waals surface area contributed by atoms with Crippen molar-refractivity contribution in [2.24, 2.45) is 0 Å². The van der Waals surface area contributed by atoms with Gasteiger partial charge in [0.15, 0.2) is 0 Å². The molecule has 3 N–H and O–H groups in total. The summed E-state index contributed by atoms with van der Waals surface area (Å²) in [6.45, 7) is 0. The highest BCUT2D eigenvalue weighted by atomic mass is 127. The van der Waals surface area contributed by atoms with Crippen LogP contribution in [0.3, 0.4) is 0 Å². The zero-order valence-corrected chi connectivity index (χ0v) is 12.6. The Bertz CT molecular complexity index is 789. The lowest BCUT2D eigenvalue weighted by Crippen LogP contribution is -1.98. The molecular formula is C15H11FIN3. The number of benzene rings is 2. The molecule has 0 spiro atoms. The van der Waals surface area contributed by atoms with Gasteiger partial charge in [-0.1, -0.05) is 6.07 Å². The predicted molar refractivity (Wildman–Crippen MR) is 88.6 cm³/mol. The smallest absolute Gasteiger partial charge is 0.138 e. The molecule has 3 rings (SSSR count). The number of rotatable bonds is 2. The molecule has 1 aromatic heterocycles. The zero-order valence-electron chi connectivity index (χ0n) is 10.4. The maximum atomic E-state index is 13.6. The van der Waals surface area contributed by atoms with E-state index >= 15 is 0 Å². The number of nitrogens with two attached hydrogens (primary N) is 1. The van der Waals surface area contributed by atoms with E-state index in [2.05, 4.69) is 10.3 Å². The largest absolute Gasteiger partial charge is 0.397 e. The van der Waals surface area contributed by atoms with Gasteiger partial charge in [-0.05, 0) is 52.9 Å². The van der Waals surface area contributed by atoms with E-state index < -0.39 is 0 Å². The van der Waals surface area contributed by atoms with Crippen LogP contribution < -0.4 is 11.1 Å². The van der Waals surface area contributed by atoms with Crippen molar-refractivity contribution in [2.75, 3.05) is 11.1 Å². The van der Waals surface area contributed by atoms with Gasteiger partial charge < -0.3 is 11.1 Å². The molecule has 0 bridgehead atoms. The summed E-state index contributed by atoms with van der Waals surface area (Å²) in [4.78, 5) is 4.26. The van der Waals surface area contributed by atoms with Gasteiger partial charge in [-0.15, -0.1) is 0 Å². The molecule has 2 aromatic carbocycles. The van der Waals surface area contributed by atoms with Crippen molar-refractivity contribution in [1.82, 2.24) is 4.98 Å². The molecule has 100 valence electrons. The maximum Gasteiger partial charge on any atom is 0.138 e. The molecule has 0 unspecified atom stereocenters. The highest BCUT2D eigenvalue weighted by Gasteiger charge is 2.06. The van der Waals surface area contributed by atoms with Crippen LogP contribution in [0.2, 0.25) is 0 Å². The van der Waals surface area contributed by atoms with Crippen LogP contribution in [0, 0.1) is 9.39 Å². The van der Waals surface area contributed by atoms with E-state index in [1.807, 2.05) is 52.9 Å². The Labute approximate surface area is 129 Å². The summed E-state index contributed by atoms with van der Waals surface area (Å²) in [6.07, 6.45) is 1.75. The first kappa shape index (κ1) is 13.1. The average molecular weight is 379 g/mol. The van der Waals surface area contributed by atoms with Crippen LogP contribution in [-0.2, 0) is 0 Å². The third-order valence-electron chi connectivity index (χ3n) is 2.97. The molecule has 0 saturated carbocycles. The summed E-state index contributed by atoms with van der Waals surface area (Å²) in [5, 5.41) is 4.15. The fourth-order valence-electron chi connectivity index (χ4n) is 1.98. The van der Waals surface area contributed by atoms with Gasteiger partial charge in [-0.3, -0.25) is 4.98 Å². The van der Waals surface area contributed by atoms with Gasteiger partial charge in [0.25, 0.3) is 0 Å². The van der Waals surface area contributed by atoms with Gasteiger partial charge >= 0.3 is 0 Å². The van der Waals surface area contributed by atoms with Crippen molar-refractivity contribution in [3.05, 3.63) is 58.0 Å². The van der Waals surface area contributed by atoms with Crippen molar-refractivity contribution < 1.29 is 4.39 Å². The van der Waals surface area contributed by atoms with Crippen LogP contribution in [0.25, 0.3) is 10.9 Å². The molecule has 0 saturated heterocycles. The summed E-state index contributed by atoms with van der Waals surface area (Å²) in [6, 6.07) is 12.6. The first-order chi connectivity index (χ1) is 9.63. The lowest BCUT2D eigenvalue weighted by atomic mass is 10.2. The highest BCUT2D eigenvalue weighted by molar-refractivity contribution is 14.1. The molecule has 20 heavy (non-hydrogen) atoms. The Morgan fingerprint density at radius 2 is 2.00 bits per heavy atom. The second-order valence-corrected chi connectivity index (χ2v) is 5.55. The zero-order chi connectivity index (χ0) is 14.1. The molecule has 0 atom stereocenters. The maximum absolute atomic E-state index is 13.6. The topological polar surface area (TPSA) is 50.9 Å². The SMILES string of the molecule is Nc1cc(I)c(F)cc1Nc1ccc2ncccc2c1. The summed E-state index contributed by atoms with van der Waals surface area (Å²) < 4.78 is 14.1. The highest BCUT2D eigenvalue weighted by Crippen LogP contribution is 2.28. The minimum absolute atomic E-state index is 0.287. The monoisotopic (exact) mass is 379 g/mol. The van der Waals surface area contributed by atoms with Crippen LogP contribution >= 0.6 is 22.6 Å². The summed E-state index contributed by atoms with van der Waals surface area (Å²) in [7, 11) is 0. The van der Waals surface area contributed by atoms with Crippen LogP contribution in [-0.4, -0.2) is 4.98 Å². The molecular weight excluding hydrogens is 368 g/mol. The number of hydrogen-bond acceptors (Lipinski definition) is 3. The second-order valence-electron chi connectivity index (χ2n) is 4.39. The number of pyridine rings is 1. The Morgan fingerprint density at radius 1 is 1.15 bits per heavy atom. The van der Waals surface area contributed by atoms with Crippen molar-refractivity contribution in [1.29, 1.82) is 0 Å². The normalized spacial score (nSPS) is 10.7. The number of halogens is 2. The van der Waals surface area contributed by atoms with E-state index in [9.17, 15) is 4.39 Å². The number of fused-ring (bicyclic) bond motifs is 1. The number of aromatic nitrogens is 1. The lowest BCUT2D eigenvalue weighted by Gasteiger charge is -2.11. The van der Waals surface area contributed by atoms with E-state index in [4.69, 9.17) is 5.73 Å². The van der Waals surface area contributed by atoms with E-state index in [1.54, 1.807) is 12.3 Å². The quantitative estimate of drug-likeness (QED) is 0.516. The predicted octanol–water partition coefficient (Wildman–Crippen LogP) is 4.30. The molecule has 0 aliphatic heterocycles. The third-order valence-corrected chi connectivity index (χ3v) is 3.80. The number of nitrogens with one attached hydrogen (secondary N) is 1. The first-order valence-electron chi connectivity index (χ1n) is 6.00.